The van der Waals surface area contributed by atoms with E-state index in [4.69, 9.17) is 4.74 Å². The maximum atomic E-state index is 12.7. The average molecular weight is 627 g/mol. The van der Waals surface area contributed by atoms with E-state index in [2.05, 4.69) is 91.5 Å². The molecule has 2 saturated heterocycles. The number of anilines is 2. The highest BCUT2D eigenvalue weighted by molar-refractivity contribution is 8.05. The molecule has 5 heterocycles. The smallest absolute Gasteiger partial charge is 0.250 e. The zero-order valence-corrected chi connectivity index (χ0v) is 26.6. The Labute approximate surface area is 267 Å². The second-order valence-electron chi connectivity index (χ2n) is 11.7. The van der Waals surface area contributed by atoms with Crippen molar-refractivity contribution >= 4 is 34.9 Å². The van der Waals surface area contributed by atoms with Gasteiger partial charge in [-0.1, -0.05) is 41.7 Å². The van der Waals surface area contributed by atoms with Crippen molar-refractivity contribution in [3.8, 4) is 11.3 Å². The first-order valence-electron chi connectivity index (χ1n) is 15.4. The average Bonchev–Trinajstić information content (AvgIpc) is 3.05. The third-order valence-corrected chi connectivity index (χ3v) is 11.0. The lowest BCUT2D eigenvalue weighted by Gasteiger charge is -2.36. The molecule has 2 aromatic heterocycles. The number of fused-ring (bicyclic) bond motifs is 2. The summed E-state index contributed by atoms with van der Waals surface area (Å²) in [5.74, 6) is 0. The van der Waals surface area contributed by atoms with Gasteiger partial charge in [0, 0.05) is 107 Å². The van der Waals surface area contributed by atoms with Crippen LogP contribution in [0.1, 0.15) is 12.6 Å². The highest BCUT2D eigenvalue weighted by Crippen LogP contribution is 2.52. The Morgan fingerprint density at radius 2 is 1.73 bits per heavy atom. The number of pyridine rings is 2. The molecule has 2 aromatic carbocycles. The van der Waals surface area contributed by atoms with Crippen LogP contribution in [-0.4, -0.2) is 84.8 Å². The van der Waals surface area contributed by atoms with E-state index in [-0.39, 0.29) is 5.56 Å². The summed E-state index contributed by atoms with van der Waals surface area (Å²) in [5, 5.41) is 3.75. The predicted octanol–water partition coefficient (Wildman–Crippen LogP) is 5.51. The van der Waals surface area contributed by atoms with E-state index in [1.54, 1.807) is 29.6 Å². The second kappa shape index (κ2) is 13.4. The number of hydrogen-bond donors (Lipinski definition) is 2. The van der Waals surface area contributed by atoms with Crippen LogP contribution in [-0.2, 0) is 11.3 Å². The fourth-order valence-corrected chi connectivity index (χ4v) is 8.56. The predicted molar refractivity (Wildman–Crippen MR) is 179 cm³/mol. The van der Waals surface area contributed by atoms with Crippen molar-refractivity contribution in [2.24, 2.45) is 0 Å². The van der Waals surface area contributed by atoms with Gasteiger partial charge >= 0.3 is 0 Å². The molecule has 0 amide bonds. The lowest BCUT2D eigenvalue weighted by Crippen LogP contribution is -2.48. The number of nitrogens with one attached hydrogen (secondary N) is 2. The molecule has 1 unspecified atom stereocenters. The summed E-state index contributed by atoms with van der Waals surface area (Å²) in [6.45, 7) is 11.5. The minimum Gasteiger partial charge on any atom is -0.381 e. The number of morpholine rings is 1. The molecular weight excluding hydrogens is 589 g/mol. The number of benzene rings is 2. The van der Waals surface area contributed by atoms with Crippen molar-refractivity contribution in [3.63, 3.8) is 0 Å². The topological polar surface area (TPSA) is 76.7 Å². The maximum absolute atomic E-state index is 12.7. The summed E-state index contributed by atoms with van der Waals surface area (Å²) in [5.41, 5.74) is 5.10. The van der Waals surface area contributed by atoms with Crippen molar-refractivity contribution in [1.29, 1.82) is 0 Å². The Kier molecular flexibility index (Phi) is 8.95. The van der Waals surface area contributed by atoms with Gasteiger partial charge in [0.15, 0.2) is 0 Å². The van der Waals surface area contributed by atoms with Crippen LogP contribution >= 0.6 is 23.5 Å². The highest BCUT2D eigenvalue weighted by Gasteiger charge is 2.23. The molecule has 0 bridgehead atoms. The largest absolute Gasteiger partial charge is 0.381 e. The van der Waals surface area contributed by atoms with Gasteiger partial charge in [-0.15, -0.1) is 0 Å². The SMILES string of the molecule is CC(CN1CCN(Cc2ccccn2)CC1)Nc1ccc2c(c1)Sc1cccc(-c3cc(N4CCOCC4)cc(=O)[nH]3)c1S2. The van der Waals surface area contributed by atoms with Crippen molar-refractivity contribution in [2.75, 3.05) is 69.2 Å². The molecule has 0 radical (unpaired) electrons. The number of piperazine rings is 1. The van der Waals surface area contributed by atoms with Crippen molar-refractivity contribution < 1.29 is 4.74 Å². The normalized spacial score (nSPS) is 18.0. The fraction of sp³-hybridized carbons (Fsp3) is 0.353. The van der Waals surface area contributed by atoms with E-state index in [0.29, 0.717) is 19.3 Å². The van der Waals surface area contributed by atoms with Crippen molar-refractivity contribution in [1.82, 2.24) is 19.8 Å². The van der Waals surface area contributed by atoms with Crippen LogP contribution in [0.2, 0.25) is 0 Å². The van der Waals surface area contributed by atoms with E-state index < -0.39 is 0 Å². The minimum absolute atomic E-state index is 0.0772. The molecule has 10 heteroatoms. The van der Waals surface area contributed by atoms with Crippen LogP contribution in [0.15, 0.2) is 97.3 Å². The summed E-state index contributed by atoms with van der Waals surface area (Å²) in [6, 6.07) is 23.4. The summed E-state index contributed by atoms with van der Waals surface area (Å²) < 4.78 is 5.51. The van der Waals surface area contributed by atoms with E-state index in [0.717, 1.165) is 80.7 Å². The molecule has 44 heavy (non-hydrogen) atoms. The number of hydrogen-bond acceptors (Lipinski definition) is 9. The van der Waals surface area contributed by atoms with Crippen LogP contribution < -0.4 is 15.8 Å². The molecule has 4 aromatic rings. The Hall–Kier alpha value is -3.28. The van der Waals surface area contributed by atoms with E-state index in [1.807, 2.05) is 12.3 Å². The lowest BCUT2D eigenvalue weighted by molar-refractivity contribution is 0.122. The number of aromatic amines is 1. The van der Waals surface area contributed by atoms with Crippen molar-refractivity contribution in [2.45, 2.75) is 39.1 Å². The number of H-pyrrole nitrogens is 1. The molecule has 2 fully saturated rings. The van der Waals surface area contributed by atoms with Crippen LogP contribution in [0.4, 0.5) is 11.4 Å². The first kappa shape index (κ1) is 29.4. The van der Waals surface area contributed by atoms with Gasteiger partial charge in [-0.25, -0.2) is 0 Å². The third-order valence-electron chi connectivity index (χ3n) is 8.37. The Morgan fingerprint density at radius 1 is 0.886 bits per heavy atom. The monoisotopic (exact) mass is 626 g/mol. The highest BCUT2D eigenvalue weighted by atomic mass is 32.2. The molecular formula is C34H38N6O2S2. The molecule has 2 N–H and O–H groups in total. The minimum atomic E-state index is -0.0772. The van der Waals surface area contributed by atoms with Gasteiger partial charge in [-0.05, 0) is 49.4 Å². The van der Waals surface area contributed by atoms with Gasteiger partial charge in [0.05, 0.1) is 24.6 Å². The van der Waals surface area contributed by atoms with Crippen LogP contribution in [0.3, 0.4) is 0 Å². The molecule has 7 rings (SSSR count). The van der Waals surface area contributed by atoms with E-state index in [1.165, 1.54) is 19.6 Å². The van der Waals surface area contributed by atoms with Crippen LogP contribution in [0, 0.1) is 0 Å². The third kappa shape index (κ3) is 6.84. The van der Waals surface area contributed by atoms with Crippen LogP contribution in [0.5, 0.6) is 0 Å². The van der Waals surface area contributed by atoms with Gasteiger partial charge in [-0.3, -0.25) is 19.6 Å². The fourth-order valence-electron chi connectivity index (χ4n) is 6.15. The van der Waals surface area contributed by atoms with Gasteiger partial charge in [0.25, 0.3) is 0 Å². The molecule has 0 saturated carbocycles. The molecule has 1 atom stereocenters. The maximum Gasteiger partial charge on any atom is 0.250 e. The van der Waals surface area contributed by atoms with E-state index in [9.17, 15) is 4.79 Å². The van der Waals surface area contributed by atoms with Crippen molar-refractivity contribution in [3.05, 3.63) is 89.0 Å². The molecule has 3 aliphatic rings. The molecule has 0 aliphatic carbocycles. The Bertz CT molecular complexity index is 1650. The number of nitrogens with zero attached hydrogens (tertiary/aromatic N) is 4. The molecule has 8 nitrogen and oxygen atoms in total. The van der Waals surface area contributed by atoms with Gasteiger partial charge in [0.1, 0.15) is 0 Å². The quantitative estimate of drug-likeness (QED) is 0.232. The molecule has 3 aliphatic heterocycles. The Balaban J connectivity index is 0.991. The summed E-state index contributed by atoms with van der Waals surface area (Å²) in [6.07, 6.45) is 1.88. The number of aromatic nitrogens is 2. The van der Waals surface area contributed by atoms with Gasteiger partial charge in [-0.2, -0.15) is 0 Å². The standard InChI is InChI=1S/C34H38N6O2S2/c1-24(22-38-11-13-39(14-12-38)23-26-5-2-3-10-35-26)36-25-8-9-30-32(19-25)43-31-7-4-6-28(34(31)44-30)29-20-27(21-33(41)37-29)40-15-17-42-18-16-40/h2-10,19-21,24,36H,11-18,22-23H2,1H3,(H,37,41). The number of rotatable bonds is 8. The second-order valence-corrected chi connectivity index (χ2v) is 13.8. The van der Waals surface area contributed by atoms with Gasteiger partial charge in [0.2, 0.25) is 5.56 Å². The van der Waals surface area contributed by atoms with Crippen LogP contribution in [0.25, 0.3) is 11.3 Å². The zero-order chi connectivity index (χ0) is 29.9. The zero-order valence-electron chi connectivity index (χ0n) is 25.0. The number of ether oxygens (including phenoxy) is 1. The summed E-state index contributed by atoms with van der Waals surface area (Å²) >= 11 is 3.59. The first-order valence-corrected chi connectivity index (χ1v) is 17.0. The summed E-state index contributed by atoms with van der Waals surface area (Å²) in [7, 11) is 0. The molecule has 228 valence electrons. The summed E-state index contributed by atoms with van der Waals surface area (Å²) in [4.78, 5) is 32.5. The first-order chi connectivity index (χ1) is 21.6. The molecule has 0 spiro atoms. The Morgan fingerprint density at radius 3 is 2.55 bits per heavy atom. The lowest BCUT2D eigenvalue weighted by atomic mass is 10.1. The van der Waals surface area contributed by atoms with Gasteiger partial charge < -0.3 is 19.9 Å². The van der Waals surface area contributed by atoms with E-state index >= 15 is 0 Å².